The van der Waals surface area contributed by atoms with Gasteiger partial charge in [0.2, 0.25) is 0 Å². The van der Waals surface area contributed by atoms with Gasteiger partial charge in [-0.3, -0.25) is 13.8 Å². The molecule has 0 bridgehead atoms. The number of carboxylic acid groups (broad SMARTS) is 1. The highest BCUT2D eigenvalue weighted by atomic mass is 32.2. The fraction of sp³-hybridized carbons (Fsp3) is 0.500. The smallest absolute Gasteiger partial charge is 0.305 e. The van der Waals surface area contributed by atoms with Crippen molar-refractivity contribution in [3.05, 3.63) is 35.4 Å². The summed E-state index contributed by atoms with van der Waals surface area (Å²) in [6.07, 6.45) is 1.55. The summed E-state index contributed by atoms with van der Waals surface area (Å²) < 4.78 is 11.3. The number of carbonyl (C=O) groups excluding carboxylic acids is 1. The van der Waals surface area contributed by atoms with Crippen molar-refractivity contribution in [3.8, 4) is 0 Å². The van der Waals surface area contributed by atoms with Crippen LogP contribution in [-0.4, -0.2) is 45.4 Å². The molecule has 122 valence electrons. The molecule has 0 aliphatic carbocycles. The Balaban J connectivity index is 2.91. The highest BCUT2D eigenvalue weighted by Crippen LogP contribution is 2.12. The first kappa shape index (κ1) is 18.4. The average Bonchev–Trinajstić information content (AvgIpc) is 2.41. The van der Waals surface area contributed by atoms with Crippen LogP contribution in [0.4, 0.5) is 0 Å². The van der Waals surface area contributed by atoms with Gasteiger partial charge in [-0.15, -0.1) is 0 Å². The highest BCUT2D eigenvalue weighted by Gasteiger charge is 2.18. The maximum Gasteiger partial charge on any atom is 0.305 e. The van der Waals surface area contributed by atoms with Crippen molar-refractivity contribution in [1.29, 1.82) is 0 Å². The Kier molecular flexibility index (Phi) is 7.24. The number of nitrogens with zero attached hydrogens (tertiary/aromatic N) is 1. The third kappa shape index (κ3) is 6.39. The second-order valence-electron chi connectivity index (χ2n) is 5.71. The van der Waals surface area contributed by atoms with Crippen LogP contribution in [0.2, 0.25) is 0 Å². The minimum Gasteiger partial charge on any atom is -0.481 e. The predicted molar refractivity (Wildman–Crippen MR) is 87.2 cm³/mol. The van der Waals surface area contributed by atoms with Gasteiger partial charge in [0.15, 0.2) is 0 Å². The van der Waals surface area contributed by atoms with Crippen LogP contribution < -0.4 is 0 Å². The van der Waals surface area contributed by atoms with E-state index in [1.165, 1.54) is 0 Å². The molecule has 1 unspecified atom stereocenters. The third-order valence-corrected chi connectivity index (χ3v) is 3.75. The van der Waals surface area contributed by atoms with Gasteiger partial charge in [0, 0.05) is 41.5 Å². The monoisotopic (exact) mass is 325 g/mol. The van der Waals surface area contributed by atoms with Crippen molar-refractivity contribution in [2.75, 3.05) is 19.3 Å². The van der Waals surface area contributed by atoms with E-state index in [0.717, 1.165) is 5.56 Å². The predicted octanol–water partition coefficient (Wildman–Crippen LogP) is 2.14. The minimum atomic E-state index is -0.970. The molecule has 5 nitrogen and oxygen atoms in total. The van der Waals surface area contributed by atoms with Gasteiger partial charge in [-0.2, -0.15) is 0 Å². The molecule has 1 aromatic carbocycles. The quantitative estimate of drug-likeness (QED) is 0.794. The molecule has 1 aromatic rings. The Morgan fingerprint density at radius 3 is 2.55 bits per heavy atom. The molecular weight excluding hydrogens is 302 g/mol. The van der Waals surface area contributed by atoms with Crippen molar-refractivity contribution >= 4 is 22.7 Å². The lowest BCUT2D eigenvalue weighted by Crippen LogP contribution is -2.36. The van der Waals surface area contributed by atoms with Gasteiger partial charge in [-0.25, -0.2) is 0 Å². The summed E-state index contributed by atoms with van der Waals surface area (Å²) in [4.78, 5) is 24.9. The normalized spacial score (nSPS) is 12.2. The molecule has 0 aliphatic heterocycles. The first-order valence-electron chi connectivity index (χ1n) is 7.19. The highest BCUT2D eigenvalue weighted by molar-refractivity contribution is 7.83. The Morgan fingerprint density at radius 2 is 2.00 bits per heavy atom. The molecule has 0 aliphatic rings. The Labute approximate surface area is 133 Å². The van der Waals surface area contributed by atoms with Crippen LogP contribution in [0.25, 0.3) is 0 Å². The maximum absolute atomic E-state index is 12.6. The zero-order chi connectivity index (χ0) is 16.7. The molecule has 0 fully saturated rings. The standard InChI is InChI=1S/C16H23NO4S/c1-12(2)10-17(8-7-15(18)19)16(20)14-6-4-5-13(9-14)11-22(3)21/h4-6,9,12H,7-8,10-11H2,1-3H3,(H,18,19). The maximum atomic E-state index is 12.6. The zero-order valence-corrected chi connectivity index (χ0v) is 14.1. The lowest BCUT2D eigenvalue weighted by atomic mass is 10.1. The van der Waals surface area contributed by atoms with Gasteiger partial charge in [-0.05, 0) is 23.6 Å². The van der Waals surface area contributed by atoms with E-state index in [-0.39, 0.29) is 24.8 Å². The third-order valence-electron chi connectivity index (χ3n) is 3.01. The molecule has 22 heavy (non-hydrogen) atoms. The second kappa shape index (κ2) is 8.68. The fourth-order valence-electron chi connectivity index (χ4n) is 2.16. The number of carbonyl (C=O) groups is 2. The van der Waals surface area contributed by atoms with E-state index in [1.54, 1.807) is 29.4 Å². The first-order valence-corrected chi connectivity index (χ1v) is 8.92. The van der Waals surface area contributed by atoms with E-state index in [4.69, 9.17) is 5.11 Å². The van der Waals surface area contributed by atoms with E-state index in [0.29, 0.717) is 17.9 Å². The molecule has 1 atom stereocenters. The number of rotatable bonds is 8. The van der Waals surface area contributed by atoms with Crippen LogP contribution in [0.3, 0.4) is 0 Å². The molecule has 1 amide bonds. The van der Waals surface area contributed by atoms with E-state index in [1.807, 2.05) is 19.9 Å². The minimum absolute atomic E-state index is 0.0723. The van der Waals surface area contributed by atoms with Crippen LogP contribution >= 0.6 is 0 Å². The Bertz CT molecular complexity index is 557. The number of benzene rings is 1. The second-order valence-corrected chi connectivity index (χ2v) is 7.14. The van der Waals surface area contributed by atoms with Gasteiger partial charge < -0.3 is 10.0 Å². The number of hydrogen-bond donors (Lipinski definition) is 1. The zero-order valence-electron chi connectivity index (χ0n) is 13.2. The van der Waals surface area contributed by atoms with Crippen molar-refractivity contribution in [1.82, 2.24) is 4.90 Å². The van der Waals surface area contributed by atoms with Crippen molar-refractivity contribution in [2.45, 2.75) is 26.0 Å². The van der Waals surface area contributed by atoms with Gasteiger partial charge in [0.05, 0.1) is 6.42 Å². The summed E-state index contributed by atoms with van der Waals surface area (Å²) in [5.74, 6) is -0.445. The summed E-state index contributed by atoms with van der Waals surface area (Å²) in [5, 5.41) is 8.82. The Hall–Kier alpha value is -1.69. The van der Waals surface area contributed by atoms with Crippen LogP contribution in [0.1, 0.15) is 36.2 Å². The van der Waals surface area contributed by atoms with Crippen LogP contribution in [-0.2, 0) is 21.3 Å². The molecule has 0 saturated heterocycles. The van der Waals surface area contributed by atoms with Crippen LogP contribution in [0.5, 0.6) is 0 Å². The molecule has 0 heterocycles. The van der Waals surface area contributed by atoms with Gasteiger partial charge in [0.1, 0.15) is 0 Å². The summed E-state index contributed by atoms with van der Waals surface area (Å²) in [6.45, 7) is 4.67. The summed E-state index contributed by atoms with van der Waals surface area (Å²) in [5.41, 5.74) is 1.35. The summed E-state index contributed by atoms with van der Waals surface area (Å²) in [6, 6.07) is 7.04. The lowest BCUT2D eigenvalue weighted by Gasteiger charge is -2.24. The van der Waals surface area contributed by atoms with E-state index < -0.39 is 16.8 Å². The van der Waals surface area contributed by atoms with Crippen molar-refractivity contribution in [2.24, 2.45) is 5.92 Å². The first-order chi connectivity index (χ1) is 10.3. The number of hydrogen-bond acceptors (Lipinski definition) is 3. The van der Waals surface area contributed by atoms with Crippen molar-refractivity contribution in [3.63, 3.8) is 0 Å². The summed E-state index contributed by atoms with van der Waals surface area (Å²) >= 11 is 0. The molecule has 1 N–H and O–H groups in total. The van der Waals surface area contributed by atoms with E-state index in [2.05, 4.69) is 0 Å². The van der Waals surface area contributed by atoms with Crippen LogP contribution in [0.15, 0.2) is 24.3 Å². The summed E-state index contributed by atoms with van der Waals surface area (Å²) in [7, 11) is -0.970. The number of carboxylic acids is 1. The van der Waals surface area contributed by atoms with Gasteiger partial charge in [-0.1, -0.05) is 26.0 Å². The van der Waals surface area contributed by atoms with E-state index in [9.17, 15) is 13.8 Å². The van der Waals surface area contributed by atoms with Crippen LogP contribution in [0, 0.1) is 5.92 Å². The largest absolute Gasteiger partial charge is 0.481 e. The fourth-order valence-corrected chi connectivity index (χ4v) is 2.81. The molecule has 0 spiro atoms. The van der Waals surface area contributed by atoms with Gasteiger partial charge in [0.25, 0.3) is 5.91 Å². The van der Waals surface area contributed by atoms with Crippen molar-refractivity contribution < 1.29 is 18.9 Å². The number of amides is 1. The molecule has 0 saturated carbocycles. The topological polar surface area (TPSA) is 74.7 Å². The molecule has 0 aromatic heterocycles. The Morgan fingerprint density at radius 1 is 1.32 bits per heavy atom. The molecule has 1 rings (SSSR count). The number of aliphatic carboxylic acids is 1. The lowest BCUT2D eigenvalue weighted by molar-refractivity contribution is -0.137. The molecule has 6 heteroatoms. The molecular formula is C16H23NO4S. The van der Waals surface area contributed by atoms with E-state index >= 15 is 0 Å². The SMILES string of the molecule is CC(C)CN(CCC(=O)O)C(=O)c1cccc(CS(C)=O)c1. The van der Waals surface area contributed by atoms with Gasteiger partial charge >= 0.3 is 5.97 Å². The average molecular weight is 325 g/mol. The molecule has 0 radical (unpaired) electrons.